The van der Waals surface area contributed by atoms with E-state index in [1.165, 1.54) is 6.42 Å². The summed E-state index contributed by atoms with van der Waals surface area (Å²) < 4.78 is 0. The van der Waals surface area contributed by atoms with Crippen molar-refractivity contribution in [2.45, 2.75) is 38.1 Å². The quantitative estimate of drug-likeness (QED) is 0.914. The van der Waals surface area contributed by atoms with Crippen LogP contribution in [0.2, 0.25) is 0 Å². The van der Waals surface area contributed by atoms with Crippen LogP contribution in [0.3, 0.4) is 0 Å². The summed E-state index contributed by atoms with van der Waals surface area (Å²) in [5, 5.41) is 20.9. The molecular weight excluding hydrogens is 250 g/mol. The molecule has 0 radical (unpaired) electrons. The lowest BCUT2D eigenvalue weighted by Gasteiger charge is -2.26. The fourth-order valence-corrected chi connectivity index (χ4v) is 2.68. The van der Waals surface area contributed by atoms with Crippen LogP contribution in [0.15, 0.2) is 24.3 Å². The molecule has 20 heavy (non-hydrogen) atoms. The van der Waals surface area contributed by atoms with E-state index in [1.54, 1.807) is 24.3 Å². The normalized spacial score (nSPS) is 16.7. The standard InChI is InChI=1S/C16H17N3O/c17-10-12-5-4-8-14(9-12)16(20)19-15(11-18)13-6-2-1-3-7-13/h4-5,8-9,13,15H,1-3,6-7H2,(H,19,20). The predicted molar refractivity (Wildman–Crippen MR) is 74.6 cm³/mol. The van der Waals surface area contributed by atoms with Gasteiger partial charge in [0.1, 0.15) is 6.04 Å². The first-order chi connectivity index (χ1) is 9.74. The van der Waals surface area contributed by atoms with E-state index in [1.807, 2.05) is 6.07 Å². The van der Waals surface area contributed by atoms with Crippen LogP contribution < -0.4 is 5.32 Å². The van der Waals surface area contributed by atoms with Gasteiger partial charge in [0.2, 0.25) is 0 Å². The van der Waals surface area contributed by atoms with Crippen molar-refractivity contribution in [2.75, 3.05) is 0 Å². The molecule has 0 aromatic heterocycles. The fourth-order valence-electron chi connectivity index (χ4n) is 2.68. The number of hydrogen-bond donors (Lipinski definition) is 1. The van der Waals surface area contributed by atoms with Crippen LogP contribution >= 0.6 is 0 Å². The Balaban J connectivity index is 2.05. The molecular formula is C16H17N3O. The molecule has 1 amide bonds. The Hall–Kier alpha value is -2.33. The Morgan fingerprint density at radius 2 is 2.00 bits per heavy atom. The molecule has 1 N–H and O–H groups in total. The van der Waals surface area contributed by atoms with Crippen molar-refractivity contribution in [1.82, 2.24) is 5.32 Å². The zero-order chi connectivity index (χ0) is 14.4. The SMILES string of the molecule is N#Cc1cccc(C(=O)NC(C#N)C2CCCCC2)c1. The summed E-state index contributed by atoms with van der Waals surface area (Å²) in [6, 6.07) is 10.3. The molecule has 4 heteroatoms. The number of nitriles is 2. The van der Waals surface area contributed by atoms with Crippen molar-refractivity contribution in [3.05, 3.63) is 35.4 Å². The molecule has 2 rings (SSSR count). The molecule has 1 saturated carbocycles. The van der Waals surface area contributed by atoms with Gasteiger partial charge in [0, 0.05) is 5.56 Å². The maximum absolute atomic E-state index is 12.2. The lowest BCUT2D eigenvalue weighted by Crippen LogP contribution is -2.40. The molecule has 102 valence electrons. The average molecular weight is 267 g/mol. The Morgan fingerprint density at radius 1 is 1.25 bits per heavy atom. The van der Waals surface area contributed by atoms with Gasteiger partial charge in [-0.25, -0.2) is 0 Å². The summed E-state index contributed by atoms with van der Waals surface area (Å²) in [4.78, 5) is 12.2. The molecule has 1 fully saturated rings. The summed E-state index contributed by atoms with van der Waals surface area (Å²) in [6.45, 7) is 0. The van der Waals surface area contributed by atoms with E-state index in [0.717, 1.165) is 25.7 Å². The minimum atomic E-state index is -0.437. The molecule has 0 saturated heterocycles. The van der Waals surface area contributed by atoms with Crippen LogP contribution in [0.1, 0.15) is 48.0 Å². The lowest BCUT2D eigenvalue weighted by molar-refractivity contribution is 0.0929. The summed E-state index contributed by atoms with van der Waals surface area (Å²) in [5.74, 6) is -0.0314. The number of rotatable bonds is 3. The van der Waals surface area contributed by atoms with Gasteiger partial charge in [-0.05, 0) is 37.0 Å². The number of benzene rings is 1. The van der Waals surface area contributed by atoms with Gasteiger partial charge in [0.15, 0.2) is 0 Å². The third kappa shape index (κ3) is 3.36. The largest absolute Gasteiger partial charge is 0.336 e. The highest BCUT2D eigenvalue weighted by molar-refractivity contribution is 5.94. The van der Waals surface area contributed by atoms with E-state index in [9.17, 15) is 10.1 Å². The third-order valence-electron chi connectivity index (χ3n) is 3.80. The second-order valence-electron chi connectivity index (χ2n) is 5.17. The number of nitrogens with one attached hydrogen (secondary N) is 1. The highest BCUT2D eigenvalue weighted by Crippen LogP contribution is 2.26. The van der Waals surface area contributed by atoms with Gasteiger partial charge in [0.05, 0.1) is 17.7 Å². The summed E-state index contributed by atoms with van der Waals surface area (Å²) in [5.41, 5.74) is 0.879. The van der Waals surface area contributed by atoms with Gasteiger partial charge in [0.25, 0.3) is 5.91 Å². The van der Waals surface area contributed by atoms with E-state index in [2.05, 4.69) is 11.4 Å². The molecule has 1 aromatic rings. The second-order valence-corrected chi connectivity index (χ2v) is 5.17. The molecule has 1 aliphatic rings. The van der Waals surface area contributed by atoms with Crippen LogP contribution in [0, 0.1) is 28.6 Å². The highest BCUT2D eigenvalue weighted by Gasteiger charge is 2.25. The van der Waals surface area contributed by atoms with Gasteiger partial charge in [-0.2, -0.15) is 10.5 Å². The molecule has 1 atom stereocenters. The Morgan fingerprint density at radius 3 is 2.65 bits per heavy atom. The van der Waals surface area contributed by atoms with E-state index >= 15 is 0 Å². The smallest absolute Gasteiger partial charge is 0.252 e. The monoisotopic (exact) mass is 267 g/mol. The van der Waals surface area contributed by atoms with Crippen molar-refractivity contribution in [3.8, 4) is 12.1 Å². The first kappa shape index (κ1) is 14.1. The predicted octanol–water partition coefficient (Wildman–Crippen LogP) is 2.76. The maximum Gasteiger partial charge on any atom is 0.252 e. The minimum Gasteiger partial charge on any atom is -0.336 e. The molecule has 1 aromatic carbocycles. The summed E-state index contributed by atoms with van der Waals surface area (Å²) >= 11 is 0. The molecule has 4 nitrogen and oxygen atoms in total. The van der Waals surface area contributed by atoms with Crippen molar-refractivity contribution < 1.29 is 4.79 Å². The van der Waals surface area contributed by atoms with Gasteiger partial charge < -0.3 is 5.32 Å². The van der Waals surface area contributed by atoms with Gasteiger partial charge >= 0.3 is 0 Å². The number of carbonyl (C=O) groups excluding carboxylic acids is 1. The van der Waals surface area contributed by atoms with Gasteiger partial charge in [-0.15, -0.1) is 0 Å². The maximum atomic E-state index is 12.2. The zero-order valence-electron chi connectivity index (χ0n) is 11.3. The first-order valence-corrected chi connectivity index (χ1v) is 6.95. The van der Waals surface area contributed by atoms with E-state index < -0.39 is 6.04 Å². The third-order valence-corrected chi connectivity index (χ3v) is 3.80. The molecule has 1 unspecified atom stereocenters. The average Bonchev–Trinajstić information content (AvgIpc) is 2.53. The van der Waals surface area contributed by atoms with Crippen molar-refractivity contribution in [2.24, 2.45) is 5.92 Å². The summed E-state index contributed by atoms with van der Waals surface area (Å²) in [7, 11) is 0. The Bertz CT molecular complexity index is 562. The van der Waals surface area contributed by atoms with Crippen LogP contribution in [0.25, 0.3) is 0 Å². The van der Waals surface area contributed by atoms with Gasteiger partial charge in [-0.3, -0.25) is 4.79 Å². The highest BCUT2D eigenvalue weighted by atomic mass is 16.1. The van der Waals surface area contributed by atoms with Crippen molar-refractivity contribution >= 4 is 5.91 Å². The van der Waals surface area contributed by atoms with Crippen molar-refractivity contribution in [3.63, 3.8) is 0 Å². The van der Waals surface area contributed by atoms with Crippen LogP contribution in [0.4, 0.5) is 0 Å². The topological polar surface area (TPSA) is 76.7 Å². The van der Waals surface area contributed by atoms with Crippen LogP contribution in [0.5, 0.6) is 0 Å². The number of nitrogens with zero attached hydrogens (tertiary/aromatic N) is 2. The summed E-state index contributed by atoms with van der Waals surface area (Å²) in [6.07, 6.45) is 5.46. The molecule has 0 spiro atoms. The lowest BCUT2D eigenvalue weighted by atomic mass is 9.84. The van der Waals surface area contributed by atoms with Crippen LogP contribution in [-0.2, 0) is 0 Å². The first-order valence-electron chi connectivity index (χ1n) is 6.95. The number of carbonyl (C=O) groups is 1. The Kier molecular flexibility index (Phi) is 4.74. The molecule has 0 aliphatic heterocycles. The van der Waals surface area contributed by atoms with Crippen molar-refractivity contribution in [1.29, 1.82) is 10.5 Å². The van der Waals surface area contributed by atoms with Gasteiger partial charge in [-0.1, -0.05) is 25.3 Å². The number of amides is 1. The van der Waals surface area contributed by atoms with Crippen LogP contribution in [-0.4, -0.2) is 11.9 Å². The van der Waals surface area contributed by atoms with E-state index in [0.29, 0.717) is 11.1 Å². The number of hydrogen-bond acceptors (Lipinski definition) is 3. The molecule has 0 bridgehead atoms. The Labute approximate surface area is 119 Å². The molecule has 1 aliphatic carbocycles. The zero-order valence-corrected chi connectivity index (χ0v) is 11.3. The second kappa shape index (κ2) is 6.73. The molecule has 0 heterocycles. The minimum absolute atomic E-state index is 0.247. The fraction of sp³-hybridized carbons (Fsp3) is 0.438. The van der Waals surface area contributed by atoms with E-state index in [4.69, 9.17) is 5.26 Å². The van der Waals surface area contributed by atoms with E-state index in [-0.39, 0.29) is 11.8 Å².